The molecule has 2 N–H and O–H groups in total. The van der Waals surface area contributed by atoms with E-state index in [4.69, 9.17) is 16.0 Å². The van der Waals surface area contributed by atoms with Gasteiger partial charge in [0.1, 0.15) is 16.7 Å². The van der Waals surface area contributed by atoms with Crippen molar-refractivity contribution in [3.8, 4) is 18.2 Å². The van der Waals surface area contributed by atoms with Crippen LogP contribution in [0.15, 0.2) is 29.3 Å². The van der Waals surface area contributed by atoms with Gasteiger partial charge in [-0.3, -0.25) is 0 Å². The Labute approximate surface area is 168 Å². The van der Waals surface area contributed by atoms with Crippen molar-refractivity contribution >= 4 is 29.4 Å². The molecule has 0 amide bonds. The summed E-state index contributed by atoms with van der Waals surface area (Å²) in [6, 6.07) is 14.1. The van der Waals surface area contributed by atoms with E-state index >= 15 is 0 Å². The standard InChI is InChI=1S/C20H21N5S2/c1-3-9-26-20(27-10-4-2)19(13-23)16(18(19,12-22)17(24)25-20)15-7-5-14(11-21)6-8-15/h5-8,16H,3-4,9-10H2,1-2H3,(H2,24,25). The van der Waals surface area contributed by atoms with Gasteiger partial charge in [-0.15, -0.1) is 23.5 Å². The van der Waals surface area contributed by atoms with Gasteiger partial charge in [0.2, 0.25) is 0 Å². The topological polar surface area (TPSA) is 110 Å². The van der Waals surface area contributed by atoms with E-state index < -0.39 is 15.0 Å². The first kappa shape index (κ1) is 19.6. The van der Waals surface area contributed by atoms with Crippen LogP contribution in [0.25, 0.3) is 0 Å². The van der Waals surface area contributed by atoms with Gasteiger partial charge in [0.05, 0.1) is 23.8 Å². The number of amidine groups is 1. The first-order chi connectivity index (χ1) is 13.0. The highest BCUT2D eigenvalue weighted by Crippen LogP contribution is 2.85. The van der Waals surface area contributed by atoms with Crippen LogP contribution in [-0.2, 0) is 0 Å². The second-order valence-corrected chi connectivity index (χ2v) is 9.62. The molecule has 1 fully saturated rings. The molecule has 7 heteroatoms. The molecule has 0 aromatic heterocycles. The number of hydrogen-bond donors (Lipinski definition) is 1. The lowest BCUT2D eigenvalue weighted by Crippen LogP contribution is -2.32. The molecule has 1 aromatic carbocycles. The summed E-state index contributed by atoms with van der Waals surface area (Å²) in [7, 11) is 0. The summed E-state index contributed by atoms with van der Waals surface area (Å²) in [6.07, 6.45) is 1.91. The fourth-order valence-electron chi connectivity index (χ4n) is 4.09. The molecule has 0 radical (unpaired) electrons. The van der Waals surface area contributed by atoms with Crippen LogP contribution in [0.1, 0.15) is 43.7 Å². The van der Waals surface area contributed by atoms with Gasteiger partial charge in [0.15, 0.2) is 4.20 Å². The Morgan fingerprint density at radius 2 is 1.63 bits per heavy atom. The zero-order chi connectivity index (χ0) is 19.7. The van der Waals surface area contributed by atoms with E-state index in [1.54, 1.807) is 35.7 Å². The molecule has 138 valence electrons. The second-order valence-electron chi connectivity index (χ2n) is 6.78. The average Bonchev–Trinajstić information content (AvgIpc) is 3.28. The zero-order valence-corrected chi connectivity index (χ0v) is 17.0. The Kier molecular flexibility index (Phi) is 5.17. The van der Waals surface area contributed by atoms with Crippen molar-refractivity contribution in [1.29, 1.82) is 15.8 Å². The lowest BCUT2D eigenvalue weighted by Gasteiger charge is -2.32. The van der Waals surface area contributed by atoms with Crippen LogP contribution in [0.5, 0.6) is 0 Å². The molecule has 0 bridgehead atoms. The number of thioether (sulfide) groups is 2. The third-order valence-electron chi connectivity index (χ3n) is 5.30. The summed E-state index contributed by atoms with van der Waals surface area (Å²) in [4.78, 5) is 4.74. The number of nitrogens with zero attached hydrogens (tertiary/aromatic N) is 4. The molecule has 0 saturated heterocycles. The molecule has 27 heavy (non-hydrogen) atoms. The van der Waals surface area contributed by atoms with Crippen LogP contribution in [0, 0.1) is 44.8 Å². The van der Waals surface area contributed by atoms with E-state index in [-0.39, 0.29) is 11.8 Å². The van der Waals surface area contributed by atoms with Gasteiger partial charge in [-0.25, -0.2) is 4.99 Å². The van der Waals surface area contributed by atoms with E-state index in [1.807, 2.05) is 12.1 Å². The first-order valence-electron chi connectivity index (χ1n) is 8.99. The van der Waals surface area contributed by atoms with Gasteiger partial charge in [-0.05, 0) is 42.0 Å². The molecule has 1 aliphatic heterocycles. The highest BCUT2D eigenvalue weighted by atomic mass is 32.2. The third kappa shape index (κ3) is 2.40. The van der Waals surface area contributed by atoms with Gasteiger partial charge < -0.3 is 5.73 Å². The molecular formula is C20H21N5S2. The first-order valence-corrected chi connectivity index (χ1v) is 11.0. The molecule has 1 saturated carbocycles. The summed E-state index contributed by atoms with van der Waals surface area (Å²) in [5.74, 6) is 1.63. The Morgan fingerprint density at radius 3 is 2.07 bits per heavy atom. The number of hydrogen-bond acceptors (Lipinski definition) is 7. The Bertz CT molecular complexity index is 881. The van der Waals surface area contributed by atoms with Crippen LogP contribution < -0.4 is 5.73 Å². The summed E-state index contributed by atoms with van der Waals surface area (Å²) in [5, 5.41) is 29.5. The number of aliphatic imine (C=N–C) groups is 1. The minimum Gasteiger partial charge on any atom is -0.386 e. The van der Waals surface area contributed by atoms with Crippen molar-refractivity contribution in [2.24, 2.45) is 21.6 Å². The van der Waals surface area contributed by atoms with E-state index in [0.29, 0.717) is 5.56 Å². The summed E-state index contributed by atoms with van der Waals surface area (Å²) < 4.78 is -0.772. The maximum absolute atomic E-state index is 10.3. The molecule has 1 aromatic rings. The van der Waals surface area contributed by atoms with Crippen LogP contribution in [0.2, 0.25) is 0 Å². The molecule has 2 aliphatic rings. The largest absolute Gasteiger partial charge is 0.386 e. The lowest BCUT2D eigenvalue weighted by molar-refractivity contribution is 0.563. The Hall–Kier alpha value is -2.14. The van der Waals surface area contributed by atoms with E-state index in [9.17, 15) is 10.5 Å². The normalized spacial score (nSPS) is 29.7. The predicted octanol–water partition coefficient (Wildman–Crippen LogP) is 3.99. The molecular weight excluding hydrogens is 374 g/mol. The molecule has 0 spiro atoms. The van der Waals surface area contributed by atoms with Crippen molar-refractivity contribution in [2.75, 3.05) is 11.5 Å². The Morgan fingerprint density at radius 1 is 1.04 bits per heavy atom. The van der Waals surface area contributed by atoms with Crippen molar-refractivity contribution < 1.29 is 0 Å². The number of rotatable bonds is 7. The van der Waals surface area contributed by atoms with Crippen molar-refractivity contribution in [1.82, 2.24) is 0 Å². The van der Waals surface area contributed by atoms with Crippen LogP contribution in [-0.4, -0.2) is 21.5 Å². The molecule has 1 aliphatic carbocycles. The summed E-state index contributed by atoms with van der Waals surface area (Å²) >= 11 is 3.28. The van der Waals surface area contributed by atoms with Crippen LogP contribution in [0.3, 0.4) is 0 Å². The summed E-state index contributed by atoms with van der Waals surface area (Å²) in [5.41, 5.74) is 5.65. The van der Waals surface area contributed by atoms with Gasteiger partial charge in [0.25, 0.3) is 0 Å². The summed E-state index contributed by atoms with van der Waals surface area (Å²) in [6.45, 7) is 4.18. The average molecular weight is 396 g/mol. The highest BCUT2D eigenvalue weighted by molar-refractivity contribution is 8.18. The molecule has 1 heterocycles. The fraction of sp³-hybridized carbons (Fsp3) is 0.500. The molecule has 3 atom stereocenters. The SMILES string of the molecule is CCCSC1(SCCC)N=C(N)C2(C#N)C(c3ccc(C#N)cc3)C12C#N. The van der Waals surface area contributed by atoms with Crippen molar-refractivity contribution in [3.63, 3.8) is 0 Å². The molecule has 3 rings (SSSR count). The number of benzene rings is 1. The minimum atomic E-state index is -1.10. The van der Waals surface area contributed by atoms with Gasteiger partial charge in [0, 0.05) is 5.92 Å². The van der Waals surface area contributed by atoms with Gasteiger partial charge >= 0.3 is 0 Å². The number of nitriles is 3. The van der Waals surface area contributed by atoms with Gasteiger partial charge in [-0.2, -0.15) is 15.8 Å². The van der Waals surface area contributed by atoms with Gasteiger partial charge in [-0.1, -0.05) is 26.0 Å². The fourth-order valence-corrected chi connectivity index (χ4v) is 7.31. The van der Waals surface area contributed by atoms with Crippen LogP contribution >= 0.6 is 23.5 Å². The smallest absolute Gasteiger partial charge is 0.175 e. The highest BCUT2D eigenvalue weighted by Gasteiger charge is 2.91. The van der Waals surface area contributed by atoms with E-state index in [2.05, 4.69) is 32.1 Å². The zero-order valence-electron chi connectivity index (χ0n) is 15.4. The monoisotopic (exact) mass is 395 g/mol. The van der Waals surface area contributed by atoms with E-state index in [0.717, 1.165) is 29.9 Å². The number of nitrogens with two attached hydrogens (primary N) is 1. The second kappa shape index (κ2) is 7.12. The Balaban J connectivity index is 2.15. The molecule has 3 unspecified atom stereocenters. The molecule has 5 nitrogen and oxygen atoms in total. The van der Waals surface area contributed by atoms with Crippen molar-refractivity contribution in [3.05, 3.63) is 35.4 Å². The lowest BCUT2D eigenvalue weighted by atomic mass is 9.97. The quantitative estimate of drug-likeness (QED) is 0.699. The number of fused-ring (bicyclic) bond motifs is 1. The van der Waals surface area contributed by atoms with E-state index in [1.165, 1.54) is 0 Å². The van der Waals surface area contributed by atoms with Crippen molar-refractivity contribution in [2.45, 2.75) is 36.8 Å². The third-order valence-corrected chi connectivity index (χ3v) is 8.85. The predicted molar refractivity (Wildman–Crippen MR) is 110 cm³/mol. The minimum absolute atomic E-state index is 0.271. The maximum Gasteiger partial charge on any atom is 0.175 e. The maximum atomic E-state index is 10.3. The van der Waals surface area contributed by atoms with Crippen LogP contribution in [0.4, 0.5) is 0 Å².